The number of halogens is 1. The van der Waals surface area contributed by atoms with Gasteiger partial charge in [0.15, 0.2) is 0 Å². The van der Waals surface area contributed by atoms with Gasteiger partial charge in [0.2, 0.25) is 5.91 Å². The smallest absolute Gasteiger partial charge is 0.253 e. The minimum absolute atomic E-state index is 0.0343. The number of piperidine rings is 1. The standard InChI is InChI=1S/C24H23FN2O2/c25-22-9-7-20(8-10-22)24(29)27-13-11-19(12-14-27)23(28)26-16-17-5-6-18-3-1-2-4-21(18)15-17/h1-10,15,19H,11-14,16H2,(H,26,28). The van der Waals surface area contributed by atoms with Gasteiger partial charge in [0.05, 0.1) is 0 Å². The number of fused-ring (bicyclic) bond motifs is 1. The van der Waals surface area contributed by atoms with Gasteiger partial charge >= 0.3 is 0 Å². The van der Waals surface area contributed by atoms with Gasteiger partial charge in [-0.1, -0.05) is 36.4 Å². The molecule has 1 aliphatic rings. The highest BCUT2D eigenvalue weighted by Gasteiger charge is 2.27. The van der Waals surface area contributed by atoms with Gasteiger partial charge in [-0.15, -0.1) is 0 Å². The van der Waals surface area contributed by atoms with E-state index in [4.69, 9.17) is 0 Å². The second-order valence-electron chi connectivity index (χ2n) is 7.47. The van der Waals surface area contributed by atoms with Gasteiger partial charge < -0.3 is 10.2 Å². The number of rotatable bonds is 4. The van der Waals surface area contributed by atoms with E-state index in [1.807, 2.05) is 18.2 Å². The van der Waals surface area contributed by atoms with E-state index in [2.05, 4.69) is 29.6 Å². The second kappa shape index (κ2) is 8.43. The molecule has 0 unspecified atom stereocenters. The van der Waals surface area contributed by atoms with Crippen molar-refractivity contribution < 1.29 is 14.0 Å². The summed E-state index contributed by atoms with van der Waals surface area (Å²) in [5, 5.41) is 5.37. The highest BCUT2D eigenvalue weighted by molar-refractivity contribution is 5.94. The monoisotopic (exact) mass is 390 g/mol. The summed E-state index contributed by atoms with van der Waals surface area (Å²) in [5.74, 6) is -0.525. The van der Waals surface area contributed by atoms with E-state index in [1.54, 1.807) is 4.90 Å². The predicted molar refractivity (Wildman–Crippen MR) is 111 cm³/mol. The first-order valence-corrected chi connectivity index (χ1v) is 9.90. The van der Waals surface area contributed by atoms with E-state index in [0.717, 1.165) is 10.9 Å². The van der Waals surface area contributed by atoms with Gasteiger partial charge in [0, 0.05) is 31.1 Å². The van der Waals surface area contributed by atoms with Crippen LogP contribution in [-0.2, 0) is 11.3 Å². The van der Waals surface area contributed by atoms with Crippen molar-refractivity contribution in [3.8, 4) is 0 Å². The third kappa shape index (κ3) is 4.45. The van der Waals surface area contributed by atoms with E-state index in [-0.39, 0.29) is 23.5 Å². The van der Waals surface area contributed by atoms with Crippen LogP contribution in [0.4, 0.5) is 4.39 Å². The van der Waals surface area contributed by atoms with Crippen molar-refractivity contribution in [1.29, 1.82) is 0 Å². The Bertz CT molecular complexity index is 1020. The number of benzene rings is 3. The number of carbonyl (C=O) groups is 2. The molecule has 0 spiro atoms. The van der Waals surface area contributed by atoms with Gasteiger partial charge in [-0.3, -0.25) is 9.59 Å². The number of carbonyl (C=O) groups excluding carboxylic acids is 2. The Labute approximate surface area is 169 Å². The molecule has 3 aromatic rings. The summed E-state index contributed by atoms with van der Waals surface area (Å²) in [4.78, 5) is 26.8. The molecule has 1 heterocycles. The Morgan fingerprint density at radius 1 is 0.931 bits per heavy atom. The maximum Gasteiger partial charge on any atom is 0.253 e. The highest BCUT2D eigenvalue weighted by atomic mass is 19.1. The van der Waals surface area contributed by atoms with Crippen LogP contribution in [-0.4, -0.2) is 29.8 Å². The zero-order valence-corrected chi connectivity index (χ0v) is 16.1. The van der Waals surface area contributed by atoms with Crippen LogP contribution in [0.5, 0.6) is 0 Å². The molecule has 4 rings (SSSR count). The molecule has 148 valence electrons. The minimum atomic E-state index is -0.358. The van der Waals surface area contributed by atoms with Crippen LogP contribution in [0.1, 0.15) is 28.8 Å². The molecule has 2 amide bonds. The number of amides is 2. The van der Waals surface area contributed by atoms with Gasteiger partial charge in [0.25, 0.3) is 5.91 Å². The van der Waals surface area contributed by atoms with Crippen LogP contribution in [0.2, 0.25) is 0 Å². The molecule has 4 nitrogen and oxygen atoms in total. The summed E-state index contributed by atoms with van der Waals surface area (Å²) in [5.41, 5.74) is 1.55. The first-order chi connectivity index (χ1) is 14.1. The van der Waals surface area contributed by atoms with Crippen molar-refractivity contribution in [2.75, 3.05) is 13.1 Å². The minimum Gasteiger partial charge on any atom is -0.352 e. The molecule has 1 saturated heterocycles. The molecular weight excluding hydrogens is 367 g/mol. The Kier molecular flexibility index (Phi) is 5.56. The molecule has 0 radical (unpaired) electrons. The lowest BCUT2D eigenvalue weighted by molar-refractivity contribution is -0.126. The average molecular weight is 390 g/mol. The third-order valence-corrected chi connectivity index (χ3v) is 5.52. The number of hydrogen-bond acceptors (Lipinski definition) is 2. The molecule has 5 heteroatoms. The van der Waals surface area contributed by atoms with Crippen molar-refractivity contribution in [1.82, 2.24) is 10.2 Å². The van der Waals surface area contributed by atoms with E-state index in [1.165, 1.54) is 29.7 Å². The molecule has 0 atom stereocenters. The summed E-state index contributed by atoms with van der Waals surface area (Å²) < 4.78 is 13.0. The lowest BCUT2D eigenvalue weighted by Gasteiger charge is -2.31. The molecule has 0 aromatic heterocycles. The predicted octanol–water partition coefficient (Wildman–Crippen LogP) is 4.15. The van der Waals surface area contributed by atoms with Crippen LogP contribution >= 0.6 is 0 Å². The molecule has 1 N–H and O–H groups in total. The summed E-state index contributed by atoms with van der Waals surface area (Å²) in [6, 6.07) is 19.9. The van der Waals surface area contributed by atoms with E-state index in [0.29, 0.717) is 38.0 Å². The second-order valence-corrected chi connectivity index (χ2v) is 7.47. The Morgan fingerprint density at radius 3 is 2.34 bits per heavy atom. The van der Waals surface area contributed by atoms with E-state index in [9.17, 15) is 14.0 Å². The van der Waals surface area contributed by atoms with Crippen molar-refractivity contribution in [3.05, 3.63) is 83.7 Å². The largest absolute Gasteiger partial charge is 0.352 e. The van der Waals surface area contributed by atoms with Gasteiger partial charge in [0.1, 0.15) is 5.82 Å². The van der Waals surface area contributed by atoms with Crippen LogP contribution in [0.25, 0.3) is 10.8 Å². The Morgan fingerprint density at radius 2 is 1.62 bits per heavy atom. The summed E-state index contributed by atoms with van der Waals surface area (Å²) in [6.07, 6.45) is 1.27. The van der Waals surface area contributed by atoms with Crippen LogP contribution in [0.15, 0.2) is 66.7 Å². The average Bonchev–Trinajstić information content (AvgIpc) is 2.77. The molecule has 0 aliphatic carbocycles. The quantitative estimate of drug-likeness (QED) is 0.728. The lowest BCUT2D eigenvalue weighted by Crippen LogP contribution is -2.42. The Balaban J connectivity index is 1.29. The fraction of sp³-hybridized carbons (Fsp3) is 0.250. The SMILES string of the molecule is O=C(NCc1ccc2ccccc2c1)C1CCN(C(=O)c2ccc(F)cc2)CC1. The van der Waals surface area contributed by atoms with Crippen molar-refractivity contribution in [3.63, 3.8) is 0 Å². The summed E-state index contributed by atoms with van der Waals surface area (Å²) in [6.45, 7) is 1.56. The topological polar surface area (TPSA) is 49.4 Å². The van der Waals surface area contributed by atoms with Crippen molar-refractivity contribution in [2.24, 2.45) is 5.92 Å². The molecule has 29 heavy (non-hydrogen) atoms. The fourth-order valence-electron chi connectivity index (χ4n) is 3.80. The highest BCUT2D eigenvalue weighted by Crippen LogP contribution is 2.20. The van der Waals surface area contributed by atoms with E-state index < -0.39 is 0 Å². The molecule has 0 saturated carbocycles. The van der Waals surface area contributed by atoms with Gasteiger partial charge in [-0.25, -0.2) is 4.39 Å². The van der Waals surface area contributed by atoms with Crippen LogP contribution in [0.3, 0.4) is 0 Å². The zero-order chi connectivity index (χ0) is 20.2. The number of hydrogen-bond donors (Lipinski definition) is 1. The van der Waals surface area contributed by atoms with Crippen molar-refractivity contribution >= 4 is 22.6 Å². The van der Waals surface area contributed by atoms with E-state index >= 15 is 0 Å². The maximum atomic E-state index is 13.0. The number of likely N-dealkylation sites (tertiary alicyclic amines) is 1. The van der Waals surface area contributed by atoms with Crippen LogP contribution < -0.4 is 5.32 Å². The van der Waals surface area contributed by atoms with Gasteiger partial charge in [-0.05, 0) is 59.5 Å². The molecule has 1 fully saturated rings. The first kappa shape index (κ1) is 19.1. The van der Waals surface area contributed by atoms with Crippen LogP contribution in [0, 0.1) is 11.7 Å². The van der Waals surface area contributed by atoms with Gasteiger partial charge in [-0.2, -0.15) is 0 Å². The molecule has 3 aromatic carbocycles. The number of nitrogens with zero attached hydrogens (tertiary/aromatic N) is 1. The maximum absolute atomic E-state index is 13.0. The van der Waals surface area contributed by atoms with Crippen molar-refractivity contribution in [2.45, 2.75) is 19.4 Å². The lowest BCUT2D eigenvalue weighted by atomic mass is 9.95. The first-order valence-electron chi connectivity index (χ1n) is 9.90. The fourth-order valence-corrected chi connectivity index (χ4v) is 3.80. The third-order valence-electron chi connectivity index (χ3n) is 5.52. The molecule has 1 aliphatic heterocycles. The summed E-state index contributed by atoms with van der Waals surface area (Å²) >= 11 is 0. The summed E-state index contributed by atoms with van der Waals surface area (Å²) in [7, 11) is 0. The normalized spacial score (nSPS) is 14.7. The zero-order valence-electron chi connectivity index (χ0n) is 16.1. The molecule has 0 bridgehead atoms. The molecular formula is C24H23FN2O2. The number of nitrogens with one attached hydrogen (secondary N) is 1. The Hall–Kier alpha value is -3.21.